The molecule has 4 aromatic carbocycles. The van der Waals surface area contributed by atoms with Gasteiger partial charge in [-0.2, -0.15) is 8.61 Å². The van der Waals surface area contributed by atoms with Crippen molar-refractivity contribution in [2.24, 2.45) is 0 Å². The molecule has 0 radical (unpaired) electrons. The predicted octanol–water partition coefficient (Wildman–Crippen LogP) is 5.71. The van der Waals surface area contributed by atoms with Gasteiger partial charge in [-0.25, -0.2) is 16.8 Å². The third-order valence-corrected chi connectivity index (χ3v) is 12.5. The smallest absolute Gasteiger partial charge is 0.244 e. The summed E-state index contributed by atoms with van der Waals surface area (Å²) < 4.78 is 83.0. The molecule has 0 aromatic heterocycles. The third-order valence-electron chi connectivity index (χ3n) is 8.85. The molecule has 1 aliphatic carbocycles. The summed E-state index contributed by atoms with van der Waals surface area (Å²) in [7, 11) is -8.42. The molecule has 10 nitrogen and oxygen atoms in total. The first-order valence-electron chi connectivity index (χ1n) is 15.3. The fourth-order valence-corrected chi connectivity index (χ4v) is 9.35. The number of fused-ring (bicyclic) bond motifs is 2. The van der Waals surface area contributed by atoms with E-state index in [9.17, 15) is 16.8 Å². The molecule has 1 saturated carbocycles. The second-order valence-corrected chi connectivity index (χ2v) is 15.8. The number of ether oxygens (including phenoxy) is 4. The van der Waals surface area contributed by atoms with E-state index >= 15 is 0 Å². The Morgan fingerprint density at radius 1 is 0.562 bits per heavy atom. The number of nitrogens with zero attached hydrogens (tertiary/aromatic N) is 2. The SMILES string of the molecule is C=C1C(=C)[C@H](N(Cc2ccc3c(c2)OCO3)S(=O)(=O)c2ccc(C)cc2)[C@H]1N(Cc1ccc2c(c1)OCO2)S(=O)(=O)c1ccc(C)cc1. The molecule has 0 N–H and O–H groups in total. The van der Waals surface area contributed by atoms with Crippen LogP contribution in [0.4, 0.5) is 0 Å². The Labute approximate surface area is 280 Å². The lowest BCUT2D eigenvalue weighted by molar-refractivity contribution is 0.173. The van der Waals surface area contributed by atoms with E-state index in [0.29, 0.717) is 45.3 Å². The van der Waals surface area contributed by atoms with Crippen LogP contribution < -0.4 is 18.9 Å². The van der Waals surface area contributed by atoms with E-state index in [1.165, 1.54) is 8.61 Å². The molecule has 2 aliphatic heterocycles. The topological polar surface area (TPSA) is 112 Å². The molecule has 4 aromatic rings. The van der Waals surface area contributed by atoms with Crippen molar-refractivity contribution in [1.82, 2.24) is 8.61 Å². The molecule has 3 aliphatic rings. The fraction of sp³-hybridized carbons (Fsp3) is 0.222. The van der Waals surface area contributed by atoms with Gasteiger partial charge in [0.2, 0.25) is 33.6 Å². The Balaban J connectivity index is 1.34. The van der Waals surface area contributed by atoms with Crippen LogP contribution in [0.15, 0.2) is 119 Å². The van der Waals surface area contributed by atoms with E-state index in [0.717, 1.165) is 11.1 Å². The highest BCUT2D eigenvalue weighted by Crippen LogP contribution is 2.45. The third kappa shape index (κ3) is 5.64. The molecule has 0 saturated heterocycles. The summed E-state index contributed by atoms with van der Waals surface area (Å²) in [6, 6.07) is 21.6. The Morgan fingerprint density at radius 3 is 1.29 bits per heavy atom. The van der Waals surface area contributed by atoms with Crippen LogP contribution in [0.2, 0.25) is 0 Å². The maximum atomic E-state index is 14.6. The maximum absolute atomic E-state index is 14.6. The molecular weight excluding hydrogens is 653 g/mol. The monoisotopic (exact) mass is 686 g/mol. The number of hydrogen-bond acceptors (Lipinski definition) is 8. The summed E-state index contributed by atoms with van der Waals surface area (Å²) in [5.74, 6) is 2.12. The van der Waals surface area contributed by atoms with E-state index in [2.05, 4.69) is 13.2 Å². The van der Waals surface area contributed by atoms with E-state index < -0.39 is 32.1 Å². The highest BCUT2D eigenvalue weighted by molar-refractivity contribution is 7.89. The second kappa shape index (κ2) is 12.1. The normalized spacial score (nSPS) is 18.4. The van der Waals surface area contributed by atoms with Gasteiger partial charge in [0, 0.05) is 13.1 Å². The molecule has 248 valence electrons. The first-order chi connectivity index (χ1) is 22.9. The van der Waals surface area contributed by atoms with Gasteiger partial charge in [0.25, 0.3) is 0 Å². The average Bonchev–Trinajstić information content (AvgIpc) is 3.74. The van der Waals surface area contributed by atoms with Crippen LogP contribution in [0, 0.1) is 13.8 Å². The van der Waals surface area contributed by atoms with Crippen LogP contribution >= 0.6 is 0 Å². The zero-order valence-electron chi connectivity index (χ0n) is 26.5. The van der Waals surface area contributed by atoms with E-state index in [-0.39, 0.29) is 36.5 Å². The lowest BCUT2D eigenvalue weighted by Gasteiger charge is -2.50. The van der Waals surface area contributed by atoms with Crippen molar-refractivity contribution < 1.29 is 35.8 Å². The minimum absolute atomic E-state index is 0.0667. The van der Waals surface area contributed by atoms with Crippen molar-refractivity contribution in [3.8, 4) is 23.0 Å². The van der Waals surface area contributed by atoms with Gasteiger partial charge in [0.05, 0.1) is 21.9 Å². The highest BCUT2D eigenvalue weighted by atomic mass is 32.2. The lowest BCUT2D eigenvalue weighted by Crippen LogP contribution is -2.62. The average molecular weight is 687 g/mol. The number of sulfonamides is 2. The molecule has 1 fully saturated rings. The highest BCUT2D eigenvalue weighted by Gasteiger charge is 2.52. The van der Waals surface area contributed by atoms with Gasteiger partial charge in [-0.05, 0) is 84.7 Å². The van der Waals surface area contributed by atoms with Gasteiger partial charge < -0.3 is 18.9 Å². The van der Waals surface area contributed by atoms with Crippen molar-refractivity contribution in [1.29, 1.82) is 0 Å². The van der Waals surface area contributed by atoms with E-state index in [1.54, 1.807) is 84.9 Å². The van der Waals surface area contributed by atoms with Crippen LogP contribution in [0.25, 0.3) is 0 Å². The van der Waals surface area contributed by atoms with Crippen LogP contribution in [-0.4, -0.2) is 51.1 Å². The van der Waals surface area contributed by atoms with Crippen LogP contribution in [0.5, 0.6) is 23.0 Å². The van der Waals surface area contributed by atoms with Crippen LogP contribution in [0.3, 0.4) is 0 Å². The van der Waals surface area contributed by atoms with Gasteiger partial charge in [-0.3, -0.25) is 0 Å². The van der Waals surface area contributed by atoms with Gasteiger partial charge >= 0.3 is 0 Å². The summed E-state index contributed by atoms with van der Waals surface area (Å²) in [6.07, 6.45) is 0. The Hall–Kier alpha value is -4.62. The summed E-state index contributed by atoms with van der Waals surface area (Å²) in [5.41, 5.74) is 3.90. The molecule has 0 amide bonds. The Morgan fingerprint density at radius 2 is 0.917 bits per heavy atom. The van der Waals surface area contributed by atoms with Crippen molar-refractivity contribution >= 4 is 20.0 Å². The summed E-state index contributed by atoms with van der Waals surface area (Å²) >= 11 is 0. The Bertz CT molecular complexity index is 1990. The molecule has 12 heteroatoms. The molecule has 48 heavy (non-hydrogen) atoms. The lowest BCUT2D eigenvalue weighted by atomic mass is 9.76. The summed E-state index contributed by atoms with van der Waals surface area (Å²) in [4.78, 5) is 0.142. The standard InChI is InChI=1S/C36H34N2O8S2/c1-23-5-11-29(12-6-23)47(39,40)37(19-27-9-15-31-33(17-27)45-21-43-31)35-25(3)26(4)36(35)38(48(41,42)30-13-7-24(2)8-14-30)20-28-10-16-32-34(18-28)46-22-44-32/h5-18,35-36H,3-4,19-22H2,1-2H3/t35-,36-/m0/s1. The fourth-order valence-electron chi connectivity index (χ4n) is 6.12. The van der Waals surface area contributed by atoms with E-state index in [1.807, 2.05) is 13.8 Å². The predicted molar refractivity (Wildman–Crippen MR) is 179 cm³/mol. The molecule has 2 heterocycles. The molecular formula is C36H34N2O8S2. The molecule has 2 atom stereocenters. The summed E-state index contributed by atoms with van der Waals surface area (Å²) in [6.45, 7) is 12.1. The van der Waals surface area contributed by atoms with Crippen LogP contribution in [0.1, 0.15) is 22.3 Å². The van der Waals surface area contributed by atoms with E-state index in [4.69, 9.17) is 18.9 Å². The largest absolute Gasteiger partial charge is 0.454 e. The molecule has 0 bridgehead atoms. The van der Waals surface area contributed by atoms with Gasteiger partial charge in [-0.1, -0.05) is 60.7 Å². The quantitative estimate of drug-likeness (QED) is 0.209. The minimum Gasteiger partial charge on any atom is -0.454 e. The minimum atomic E-state index is -4.21. The number of benzene rings is 4. The van der Waals surface area contributed by atoms with Crippen LogP contribution in [-0.2, 0) is 33.1 Å². The number of rotatable bonds is 10. The first-order valence-corrected chi connectivity index (χ1v) is 18.1. The first kappa shape index (κ1) is 32.0. The van der Waals surface area contributed by atoms with Crippen molar-refractivity contribution in [2.75, 3.05) is 13.6 Å². The second-order valence-electron chi connectivity index (χ2n) is 12.0. The van der Waals surface area contributed by atoms with Crippen molar-refractivity contribution in [2.45, 2.75) is 48.8 Å². The maximum Gasteiger partial charge on any atom is 0.244 e. The molecule has 7 rings (SSSR count). The number of aryl methyl sites for hydroxylation is 2. The van der Waals surface area contributed by atoms with Gasteiger partial charge in [-0.15, -0.1) is 0 Å². The van der Waals surface area contributed by atoms with Crippen molar-refractivity contribution in [3.63, 3.8) is 0 Å². The zero-order valence-corrected chi connectivity index (χ0v) is 28.1. The Kier molecular flexibility index (Phi) is 8.07. The molecule has 0 unspecified atom stereocenters. The van der Waals surface area contributed by atoms with Crippen molar-refractivity contribution in [3.05, 3.63) is 131 Å². The van der Waals surface area contributed by atoms with Gasteiger partial charge in [0.1, 0.15) is 0 Å². The summed E-state index contributed by atoms with van der Waals surface area (Å²) in [5, 5.41) is 0. The van der Waals surface area contributed by atoms with Gasteiger partial charge in [0.15, 0.2) is 23.0 Å². The molecule has 0 spiro atoms. The number of hydrogen-bond donors (Lipinski definition) is 0. The zero-order chi connectivity index (χ0) is 33.8.